The van der Waals surface area contributed by atoms with E-state index in [4.69, 9.17) is 4.74 Å². The molecule has 25 heavy (non-hydrogen) atoms. The highest BCUT2D eigenvalue weighted by Gasteiger charge is 2.36. The van der Waals surface area contributed by atoms with Crippen molar-refractivity contribution in [2.75, 3.05) is 40.8 Å². The van der Waals surface area contributed by atoms with E-state index in [0.29, 0.717) is 23.7 Å². The molecule has 1 aliphatic rings. The molecule has 1 N–H and O–H groups in total. The molecule has 1 saturated heterocycles. The minimum atomic E-state index is -0.458. The Labute approximate surface area is 151 Å². The number of imide groups is 1. The van der Waals surface area contributed by atoms with Gasteiger partial charge in [0.1, 0.15) is 12.3 Å². The van der Waals surface area contributed by atoms with Gasteiger partial charge in [-0.05, 0) is 49.6 Å². The first-order valence-corrected chi connectivity index (χ1v) is 8.53. The summed E-state index contributed by atoms with van der Waals surface area (Å²) in [5.74, 6) is -0.152. The third-order valence-corrected chi connectivity index (χ3v) is 4.36. The highest BCUT2D eigenvalue weighted by atomic mass is 32.2. The van der Waals surface area contributed by atoms with E-state index in [1.807, 2.05) is 25.1 Å². The lowest BCUT2D eigenvalue weighted by Crippen LogP contribution is -2.41. The molecule has 0 unspecified atom stereocenters. The average Bonchev–Trinajstić information content (AvgIpc) is 2.82. The molecule has 0 aliphatic carbocycles. The minimum Gasteiger partial charge on any atom is -0.497 e. The van der Waals surface area contributed by atoms with E-state index in [1.54, 1.807) is 31.4 Å². The summed E-state index contributed by atoms with van der Waals surface area (Å²) in [7, 11) is 5.35. The number of hydrogen-bond donors (Lipinski definition) is 1. The van der Waals surface area contributed by atoms with Crippen molar-refractivity contribution in [1.29, 1.82) is 0 Å². The van der Waals surface area contributed by atoms with Crippen LogP contribution >= 0.6 is 11.8 Å². The predicted molar refractivity (Wildman–Crippen MR) is 97.2 cm³/mol. The monoisotopic (exact) mass is 363 g/mol. The van der Waals surface area contributed by atoms with E-state index in [-0.39, 0.29) is 12.5 Å². The molecule has 3 amide bonds. The number of carbonyl (C=O) groups is 3. The maximum Gasteiger partial charge on any atom is 0.294 e. The zero-order valence-electron chi connectivity index (χ0n) is 14.4. The molecule has 1 fully saturated rings. The molecule has 2 rings (SSSR count). The number of nitrogens with zero attached hydrogens (tertiary/aromatic N) is 2. The molecule has 1 heterocycles. The van der Waals surface area contributed by atoms with Crippen molar-refractivity contribution >= 4 is 34.9 Å². The normalized spacial score (nSPS) is 16.0. The first kappa shape index (κ1) is 19.0. The quantitative estimate of drug-likeness (QED) is 0.738. The lowest BCUT2D eigenvalue weighted by Gasteiger charge is -2.14. The van der Waals surface area contributed by atoms with Gasteiger partial charge in [-0.15, -0.1) is 0 Å². The van der Waals surface area contributed by atoms with Gasteiger partial charge in [-0.25, -0.2) is 0 Å². The summed E-state index contributed by atoms with van der Waals surface area (Å²) in [4.78, 5) is 39.5. The van der Waals surface area contributed by atoms with Crippen LogP contribution in [0.3, 0.4) is 0 Å². The molecule has 1 aromatic carbocycles. The van der Waals surface area contributed by atoms with Gasteiger partial charge in [-0.2, -0.15) is 0 Å². The molecule has 0 radical (unpaired) electrons. The first-order valence-electron chi connectivity index (χ1n) is 7.71. The van der Waals surface area contributed by atoms with Gasteiger partial charge in [0.05, 0.1) is 12.0 Å². The third-order valence-electron chi connectivity index (χ3n) is 3.45. The van der Waals surface area contributed by atoms with Crippen LogP contribution in [0.1, 0.15) is 5.56 Å². The summed E-state index contributed by atoms with van der Waals surface area (Å²) in [6, 6.07) is 7.17. The van der Waals surface area contributed by atoms with Crippen LogP contribution in [0.4, 0.5) is 4.79 Å². The Morgan fingerprint density at radius 3 is 2.80 bits per heavy atom. The van der Waals surface area contributed by atoms with Gasteiger partial charge in [-0.3, -0.25) is 19.3 Å². The van der Waals surface area contributed by atoms with Crippen LogP contribution in [-0.2, 0) is 9.59 Å². The molecule has 1 aromatic rings. The van der Waals surface area contributed by atoms with Crippen LogP contribution in [0.25, 0.3) is 6.08 Å². The van der Waals surface area contributed by atoms with Crippen LogP contribution in [0.2, 0.25) is 0 Å². The summed E-state index contributed by atoms with van der Waals surface area (Å²) < 4.78 is 5.14. The zero-order valence-corrected chi connectivity index (χ0v) is 15.3. The second kappa shape index (κ2) is 8.68. The lowest BCUT2D eigenvalue weighted by molar-refractivity contribution is -0.129. The van der Waals surface area contributed by atoms with Crippen molar-refractivity contribution < 1.29 is 19.1 Å². The van der Waals surface area contributed by atoms with Crippen molar-refractivity contribution in [1.82, 2.24) is 15.1 Å². The molecule has 7 nitrogen and oxygen atoms in total. The van der Waals surface area contributed by atoms with E-state index in [2.05, 4.69) is 5.32 Å². The van der Waals surface area contributed by atoms with Gasteiger partial charge in [0.25, 0.3) is 11.1 Å². The van der Waals surface area contributed by atoms with Crippen molar-refractivity contribution in [2.45, 2.75) is 0 Å². The number of likely N-dealkylation sites (N-methyl/N-ethyl adjacent to an activating group) is 1. The van der Waals surface area contributed by atoms with Crippen LogP contribution in [0.15, 0.2) is 29.2 Å². The lowest BCUT2D eigenvalue weighted by atomic mass is 10.2. The number of hydrogen-bond acceptors (Lipinski definition) is 6. The van der Waals surface area contributed by atoms with Crippen molar-refractivity contribution in [3.63, 3.8) is 0 Å². The number of thioether (sulfide) groups is 1. The fourth-order valence-corrected chi connectivity index (χ4v) is 2.98. The SMILES string of the molecule is COc1cccc(/C=C2/SC(=O)N(CC(=O)NCCN(C)C)C2=O)c1. The fraction of sp³-hybridized carbons (Fsp3) is 0.353. The average molecular weight is 363 g/mol. The first-order chi connectivity index (χ1) is 11.9. The Bertz CT molecular complexity index is 703. The third kappa shape index (κ3) is 5.33. The molecule has 0 spiro atoms. The minimum absolute atomic E-state index is 0.270. The Morgan fingerprint density at radius 2 is 2.12 bits per heavy atom. The molecule has 0 bridgehead atoms. The predicted octanol–water partition coefficient (Wildman–Crippen LogP) is 1.41. The molecular weight excluding hydrogens is 342 g/mol. The van der Waals surface area contributed by atoms with Crippen LogP contribution in [-0.4, -0.2) is 67.7 Å². The van der Waals surface area contributed by atoms with Gasteiger partial charge in [0, 0.05) is 13.1 Å². The van der Waals surface area contributed by atoms with E-state index < -0.39 is 11.1 Å². The second-order valence-corrected chi connectivity index (χ2v) is 6.69. The number of methoxy groups -OCH3 is 1. The summed E-state index contributed by atoms with van der Waals surface area (Å²) >= 11 is 0.830. The Kier molecular flexibility index (Phi) is 6.60. The molecule has 0 saturated carbocycles. The van der Waals surface area contributed by atoms with Crippen LogP contribution in [0, 0.1) is 0 Å². The van der Waals surface area contributed by atoms with Crippen molar-refractivity contribution in [3.05, 3.63) is 34.7 Å². The Hall–Kier alpha value is -2.32. The fourth-order valence-electron chi connectivity index (χ4n) is 2.14. The Morgan fingerprint density at radius 1 is 1.36 bits per heavy atom. The van der Waals surface area contributed by atoms with E-state index in [0.717, 1.165) is 22.2 Å². The van der Waals surface area contributed by atoms with E-state index in [9.17, 15) is 14.4 Å². The van der Waals surface area contributed by atoms with Gasteiger partial charge >= 0.3 is 0 Å². The number of benzene rings is 1. The Balaban J connectivity index is 2.01. The number of amides is 3. The second-order valence-electron chi connectivity index (χ2n) is 5.70. The van der Waals surface area contributed by atoms with Gasteiger partial charge in [-0.1, -0.05) is 12.1 Å². The van der Waals surface area contributed by atoms with Gasteiger partial charge in [0.15, 0.2) is 0 Å². The van der Waals surface area contributed by atoms with Crippen molar-refractivity contribution in [2.24, 2.45) is 0 Å². The number of ether oxygens (including phenoxy) is 1. The van der Waals surface area contributed by atoms with Gasteiger partial charge < -0.3 is 15.0 Å². The largest absolute Gasteiger partial charge is 0.497 e. The number of rotatable bonds is 7. The molecule has 1 aliphatic heterocycles. The molecular formula is C17H21N3O4S. The van der Waals surface area contributed by atoms with Gasteiger partial charge in [0.2, 0.25) is 5.91 Å². The molecule has 8 heteroatoms. The maximum absolute atomic E-state index is 12.4. The smallest absolute Gasteiger partial charge is 0.294 e. The summed E-state index contributed by atoms with van der Waals surface area (Å²) in [6.07, 6.45) is 1.62. The highest BCUT2D eigenvalue weighted by Crippen LogP contribution is 2.32. The number of nitrogens with one attached hydrogen (secondary N) is 1. The zero-order chi connectivity index (χ0) is 18.4. The number of carbonyl (C=O) groups excluding carboxylic acids is 3. The van der Waals surface area contributed by atoms with Crippen molar-refractivity contribution in [3.8, 4) is 5.75 Å². The molecule has 0 aromatic heterocycles. The van der Waals surface area contributed by atoms with Crippen LogP contribution < -0.4 is 10.1 Å². The summed E-state index contributed by atoms with van der Waals surface area (Å²) in [5.41, 5.74) is 0.750. The van der Waals surface area contributed by atoms with Crippen LogP contribution in [0.5, 0.6) is 5.75 Å². The summed E-state index contributed by atoms with van der Waals surface area (Å²) in [6.45, 7) is 0.874. The maximum atomic E-state index is 12.4. The molecule has 134 valence electrons. The topological polar surface area (TPSA) is 79.0 Å². The van der Waals surface area contributed by atoms with E-state index >= 15 is 0 Å². The summed E-state index contributed by atoms with van der Waals surface area (Å²) in [5, 5.41) is 2.25. The highest BCUT2D eigenvalue weighted by molar-refractivity contribution is 8.18. The van der Waals surface area contributed by atoms with E-state index in [1.165, 1.54) is 0 Å². The standard InChI is InChI=1S/C17H21N3O4S/c1-19(2)8-7-18-15(21)11-20-16(22)14(25-17(20)23)10-12-5-4-6-13(9-12)24-3/h4-6,9-10H,7-8,11H2,1-3H3,(H,18,21)/b14-10+. The molecule has 0 atom stereocenters.